The molecule has 6 heteroatoms. The molecule has 0 unspecified atom stereocenters. The molecule has 2 aliphatic heterocycles. The van der Waals surface area contributed by atoms with Crippen LogP contribution >= 0.6 is 0 Å². The number of rotatable bonds is 7. The quantitative estimate of drug-likeness (QED) is 0.771. The summed E-state index contributed by atoms with van der Waals surface area (Å²) < 4.78 is 11.3. The van der Waals surface area contributed by atoms with Gasteiger partial charge >= 0.3 is 6.03 Å². The molecule has 2 saturated heterocycles. The number of nitrogens with one attached hydrogen (secondary N) is 1. The zero-order chi connectivity index (χ0) is 17.9. The van der Waals surface area contributed by atoms with Crippen molar-refractivity contribution in [3.8, 4) is 5.75 Å². The summed E-state index contributed by atoms with van der Waals surface area (Å²) in [5.74, 6) is 0.633. The molecule has 2 fully saturated rings. The molecule has 0 saturated carbocycles. The molecule has 0 bridgehead atoms. The Hall–Kier alpha value is -2.08. The Morgan fingerprint density at radius 1 is 1.24 bits per heavy atom. The number of carbonyl (C=O) groups excluding carboxylic acids is 2. The molecule has 1 aromatic rings. The third-order valence-electron chi connectivity index (χ3n) is 5.18. The maximum absolute atomic E-state index is 12.6. The molecule has 2 heterocycles. The summed E-state index contributed by atoms with van der Waals surface area (Å²) in [6.07, 6.45) is 3.51. The number of carbonyl (C=O) groups is 2. The standard InChI is InChI=1S/C19H26N2O4/c1-3-19(4-2)17(22)21(18(23)20-19)12-14-7-9-15(10-8-14)25-13-16-6-5-11-24-16/h7-10,16H,3-6,11-13H2,1-2H3,(H,20,23)/t16-/m1/s1. The summed E-state index contributed by atoms with van der Waals surface area (Å²) in [6.45, 7) is 5.49. The summed E-state index contributed by atoms with van der Waals surface area (Å²) in [6, 6.07) is 7.21. The SMILES string of the molecule is CCC1(CC)NC(=O)N(Cc2ccc(OC[C@H]3CCCO3)cc2)C1=O. The summed E-state index contributed by atoms with van der Waals surface area (Å²) in [5.41, 5.74) is 0.150. The van der Waals surface area contributed by atoms with Crippen molar-refractivity contribution in [1.82, 2.24) is 10.2 Å². The molecule has 1 aromatic carbocycles. The van der Waals surface area contributed by atoms with E-state index in [9.17, 15) is 9.59 Å². The molecular weight excluding hydrogens is 320 g/mol. The van der Waals surface area contributed by atoms with Crippen molar-refractivity contribution in [3.63, 3.8) is 0 Å². The van der Waals surface area contributed by atoms with Crippen LogP contribution in [0.15, 0.2) is 24.3 Å². The predicted molar refractivity (Wildman–Crippen MR) is 93.3 cm³/mol. The van der Waals surface area contributed by atoms with E-state index in [0.717, 1.165) is 30.8 Å². The van der Waals surface area contributed by atoms with Gasteiger partial charge in [0, 0.05) is 6.61 Å². The average molecular weight is 346 g/mol. The van der Waals surface area contributed by atoms with Crippen molar-refractivity contribution in [2.45, 2.75) is 57.7 Å². The topological polar surface area (TPSA) is 67.9 Å². The molecule has 6 nitrogen and oxygen atoms in total. The van der Waals surface area contributed by atoms with Gasteiger partial charge in [0.15, 0.2) is 0 Å². The highest BCUT2D eigenvalue weighted by molar-refractivity contribution is 6.06. The molecule has 136 valence electrons. The van der Waals surface area contributed by atoms with Crippen LogP contribution in [0.2, 0.25) is 0 Å². The van der Waals surface area contributed by atoms with Gasteiger partial charge in [-0.05, 0) is 43.4 Å². The molecule has 0 radical (unpaired) electrons. The second kappa shape index (κ2) is 7.44. The fourth-order valence-corrected chi connectivity index (χ4v) is 3.39. The van der Waals surface area contributed by atoms with Crippen molar-refractivity contribution in [2.24, 2.45) is 0 Å². The van der Waals surface area contributed by atoms with Crippen LogP contribution in [0.3, 0.4) is 0 Å². The molecule has 25 heavy (non-hydrogen) atoms. The highest BCUT2D eigenvalue weighted by atomic mass is 16.5. The molecule has 3 amide bonds. The van der Waals surface area contributed by atoms with Gasteiger partial charge in [-0.25, -0.2) is 4.79 Å². The Morgan fingerprint density at radius 3 is 2.52 bits per heavy atom. The molecule has 3 rings (SSSR count). The van der Waals surface area contributed by atoms with E-state index < -0.39 is 5.54 Å². The number of urea groups is 1. The maximum Gasteiger partial charge on any atom is 0.325 e. The third-order valence-corrected chi connectivity index (χ3v) is 5.18. The first-order valence-corrected chi connectivity index (χ1v) is 9.05. The first-order chi connectivity index (χ1) is 12.1. The minimum Gasteiger partial charge on any atom is -0.491 e. The van der Waals surface area contributed by atoms with E-state index in [-0.39, 0.29) is 24.6 Å². The first-order valence-electron chi connectivity index (χ1n) is 9.05. The van der Waals surface area contributed by atoms with Gasteiger partial charge in [-0.3, -0.25) is 9.69 Å². The number of amides is 3. The number of hydrogen-bond donors (Lipinski definition) is 1. The zero-order valence-electron chi connectivity index (χ0n) is 14.9. The van der Waals surface area contributed by atoms with Crippen LogP contribution in [-0.4, -0.2) is 41.7 Å². The summed E-state index contributed by atoms with van der Waals surface area (Å²) in [5, 5.41) is 2.85. The van der Waals surface area contributed by atoms with Crippen LogP contribution in [0.25, 0.3) is 0 Å². The van der Waals surface area contributed by atoms with E-state index >= 15 is 0 Å². The third kappa shape index (κ3) is 3.63. The van der Waals surface area contributed by atoms with Gasteiger partial charge < -0.3 is 14.8 Å². The van der Waals surface area contributed by atoms with Gasteiger partial charge in [0.1, 0.15) is 17.9 Å². The van der Waals surface area contributed by atoms with E-state index in [1.165, 1.54) is 4.90 Å². The lowest BCUT2D eigenvalue weighted by atomic mass is 9.93. The predicted octanol–water partition coefficient (Wildman–Crippen LogP) is 2.86. The van der Waals surface area contributed by atoms with Gasteiger partial charge in [0.25, 0.3) is 5.91 Å². The number of hydrogen-bond acceptors (Lipinski definition) is 4. The second-order valence-electron chi connectivity index (χ2n) is 6.70. The molecule has 0 aromatic heterocycles. The van der Waals surface area contributed by atoms with Crippen molar-refractivity contribution < 1.29 is 19.1 Å². The van der Waals surface area contributed by atoms with Crippen molar-refractivity contribution in [3.05, 3.63) is 29.8 Å². The van der Waals surface area contributed by atoms with Gasteiger partial charge in [-0.2, -0.15) is 0 Å². The Bertz CT molecular complexity index is 619. The Morgan fingerprint density at radius 2 is 1.96 bits per heavy atom. The molecule has 0 spiro atoms. The van der Waals surface area contributed by atoms with Crippen LogP contribution in [0, 0.1) is 0 Å². The molecule has 0 aliphatic carbocycles. The Kier molecular flexibility index (Phi) is 5.27. The summed E-state index contributed by atoms with van der Waals surface area (Å²) in [7, 11) is 0. The van der Waals surface area contributed by atoms with E-state index in [1.807, 2.05) is 38.1 Å². The number of ether oxygens (including phenoxy) is 2. The normalized spacial score (nSPS) is 22.3. The fraction of sp³-hybridized carbons (Fsp3) is 0.579. The van der Waals surface area contributed by atoms with Crippen LogP contribution in [-0.2, 0) is 16.1 Å². The zero-order valence-corrected chi connectivity index (χ0v) is 14.9. The van der Waals surface area contributed by atoms with E-state index in [1.54, 1.807) is 0 Å². The number of imide groups is 1. The summed E-state index contributed by atoms with van der Waals surface area (Å²) >= 11 is 0. The molecule has 1 N–H and O–H groups in total. The van der Waals surface area contributed by atoms with Crippen molar-refractivity contribution in [2.75, 3.05) is 13.2 Å². The smallest absolute Gasteiger partial charge is 0.325 e. The molecule has 1 atom stereocenters. The Labute approximate surface area is 148 Å². The van der Waals surface area contributed by atoms with Crippen LogP contribution in [0.1, 0.15) is 45.1 Å². The minimum atomic E-state index is -0.749. The lowest BCUT2D eigenvalue weighted by Gasteiger charge is -2.23. The van der Waals surface area contributed by atoms with E-state index in [4.69, 9.17) is 9.47 Å². The minimum absolute atomic E-state index is 0.138. The van der Waals surface area contributed by atoms with Crippen LogP contribution in [0.5, 0.6) is 5.75 Å². The van der Waals surface area contributed by atoms with Crippen molar-refractivity contribution >= 4 is 11.9 Å². The second-order valence-corrected chi connectivity index (χ2v) is 6.70. The van der Waals surface area contributed by atoms with Gasteiger partial charge in [-0.15, -0.1) is 0 Å². The van der Waals surface area contributed by atoms with Gasteiger partial charge in [0.05, 0.1) is 12.6 Å². The molecule has 2 aliphatic rings. The monoisotopic (exact) mass is 346 g/mol. The van der Waals surface area contributed by atoms with Gasteiger partial charge in [-0.1, -0.05) is 26.0 Å². The average Bonchev–Trinajstić information content (AvgIpc) is 3.23. The summed E-state index contributed by atoms with van der Waals surface area (Å²) in [4.78, 5) is 26.1. The van der Waals surface area contributed by atoms with Crippen LogP contribution < -0.4 is 10.1 Å². The van der Waals surface area contributed by atoms with E-state index in [0.29, 0.717) is 19.4 Å². The van der Waals surface area contributed by atoms with Crippen LogP contribution in [0.4, 0.5) is 4.79 Å². The van der Waals surface area contributed by atoms with Crippen molar-refractivity contribution in [1.29, 1.82) is 0 Å². The highest BCUT2D eigenvalue weighted by Crippen LogP contribution is 2.26. The van der Waals surface area contributed by atoms with Gasteiger partial charge in [0.2, 0.25) is 0 Å². The van der Waals surface area contributed by atoms with E-state index in [2.05, 4.69) is 5.32 Å². The largest absolute Gasteiger partial charge is 0.491 e. The molecular formula is C19H26N2O4. The number of nitrogens with zero attached hydrogens (tertiary/aromatic N) is 1. The lowest BCUT2D eigenvalue weighted by molar-refractivity contribution is -0.132. The maximum atomic E-state index is 12.6. The fourth-order valence-electron chi connectivity index (χ4n) is 3.39. The Balaban J connectivity index is 1.59. The first kappa shape index (κ1) is 17.7. The number of benzene rings is 1. The highest BCUT2D eigenvalue weighted by Gasteiger charge is 2.48. The lowest BCUT2D eigenvalue weighted by Crippen LogP contribution is -2.45.